The zero-order chi connectivity index (χ0) is 6.24. The van der Waals surface area contributed by atoms with Crippen molar-refractivity contribution in [3.8, 4) is 0 Å². The van der Waals surface area contributed by atoms with Crippen LogP contribution in [0.4, 0.5) is 0 Å². The van der Waals surface area contributed by atoms with Crippen LogP contribution in [0.1, 0.15) is 0 Å². The van der Waals surface area contributed by atoms with E-state index in [4.69, 9.17) is 4.74 Å². The SMILES string of the molecule is COCCOCC[O-].[Li+]. The average molecular weight is 126 g/mol. The Labute approximate surface area is 67.5 Å². The first-order valence-corrected chi connectivity index (χ1v) is 2.56. The molecule has 0 aliphatic carbocycles. The first kappa shape index (κ1) is 12.2. The second-order valence-corrected chi connectivity index (χ2v) is 1.31. The van der Waals surface area contributed by atoms with Crippen LogP contribution in [-0.2, 0) is 9.47 Å². The average Bonchev–Trinajstić information content (AvgIpc) is 1.81. The van der Waals surface area contributed by atoms with Gasteiger partial charge in [0.2, 0.25) is 0 Å². The minimum Gasteiger partial charge on any atom is -0.853 e. The van der Waals surface area contributed by atoms with Crippen molar-refractivity contribution in [3.63, 3.8) is 0 Å². The zero-order valence-corrected chi connectivity index (χ0v) is 6.05. The van der Waals surface area contributed by atoms with Crippen molar-refractivity contribution in [1.29, 1.82) is 0 Å². The van der Waals surface area contributed by atoms with E-state index in [1.807, 2.05) is 0 Å². The number of hydrogen-bond donors (Lipinski definition) is 0. The number of rotatable bonds is 5. The van der Waals surface area contributed by atoms with Gasteiger partial charge in [0, 0.05) is 13.7 Å². The molecule has 9 heavy (non-hydrogen) atoms. The Hall–Kier alpha value is 0.477. The summed E-state index contributed by atoms with van der Waals surface area (Å²) in [6, 6.07) is 0. The van der Waals surface area contributed by atoms with Gasteiger partial charge in [0.15, 0.2) is 0 Å². The summed E-state index contributed by atoms with van der Waals surface area (Å²) in [5.41, 5.74) is 0. The van der Waals surface area contributed by atoms with Gasteiger partial charge in [0.1, 0.15) is 0 Å². The fourth-order valence-corrected chi connectivity index (χ4v) is 0.303. The molecular weight excluding hydrogens is 115 g/mol. The molecule has 0 unspecified atom stereocenters. The van der Waals surface area contributed by atoms with Crippen molar-refractivity contribution in [2.45, 2.75) is 0 Å². The predicted molar refractivity (Wildman–Crippen MR) is 27.6 cm³/mol. The van der Waals surface area contributed by atoms with E-state index in [9.17, 15) is 5.11 Å². The molecule has 0 rings (SSSR count). The van der Waals surface area contributed by atoms with Crippen LogP contribution in [0.2, 0.25) is 0 Å². The fourth-order valence-electron chi connectivity index (χ4n) is 0.303. The summed E-state index contributed by atoms with van der Waals surface area (Å²) < 4.78 is 9.45. The maximum Gasteiger partial charge on any atom is 1.00 e. The van der Waals surface area contributed by atoms with Crippen molar-refractivity contribution >= 4 is 0 Å². The summed E-state index contributed by atoms with van der Waals surface area (Å²) in [4.78, 5) is 0. The molecule has 0 N–H and O–H groups in total. The third kappa shape index (κ3) is 11.9. The molecule has 0 fully saturated rings. The molecule has 0 saturated carbocycles. The number of ether oxygens (including phenoxy) is 2. The largest absolute Gasteiger partial charge is 1.00 e. The summed E-state index contributed by atoms with van der Waals surface area (Å²) in [5, 5.41) is 9.73. The Balaban J connectivity index is 0. The van der Waals surface area contributed by atoms with Crippen molar-refractivity contribution in [3.05, 3.63) is 0 Å². The van der Waals surface area contributed by atoms with E-state index in [1.165, 1.54) is 0 Å². The molecule has 0 amide bonds. The van der Waals surface area contributed by atoms with Gasteiger partial charge in [-0.2, -0.15) is 0 Å². The number of methoxy groups -OCH3 is 1. The van der Waals surface area contributed by atoms with E-state index < -0.39 is 0 Å². The Morgan fingerprint density at radius 1 is 1.22 bits per heavy atom. The van der Waals surface area contributed by atoms with E-state index in [0.717, 1.165) is 0 Å². The smallest absolute Gasteiger partial charge is 0.853 e. The molecule has 4 heteroatoms. The Kier molecular flexibility index (Phi) is 15.3. The van der Waals surface area contributed by atoms with Crippen LogP contribution in [-0.4, -0.2) is 33.5 Å². The number of hydrogen-bond acceptors (Lipinski definition) is 3. The molecule has 0 aliphatic rings. The van der Waals surface area contributed by atoms with E-state index in [1.54, 1.807) is 7.11 Å². The van der Waals surface area contributed by atoms with Crippen LogP contribution < -0.4 is 24.0 Å². The van der Waals surface area contributed by atoms with Crippen LogP contribution in [0, 0.1) is 0 Å². The van der Waals surface area contributed by atoms with Gasteiger partial charge in [0.25, 0.3) is 0 Å². The molecule has 0 spiro atoms. The molecule has 0 heterocycles. The van der Waals surface area contributed by atoms with E-state index in [0.29, 0.717) is 19.8 Å². The van der Waals surface area contributed by atoms with Gasteiger partial charge in [-0.1, -0.05) is 0 Å². The molecular formula is C5H11LiO3. The maximum atomic E-state index is 9.73. The minimum absolute atomic E-state index is 0. The molecule has 0 aliphatic heterocycles. The van der Waals surface area contributed by atoms with Crippen LogP contribution in [0.3, 0.4) is 0 Å². The molecule has 0 saturated heterocycles. The van der Waals surface area contributed by atoms with Crippen molar-refractivity contribution in [2.75, 3.05) is 33.5 Å². The predicted octanol–water partition coefficient (Wildman–Crippen LogP) is -3.99. The molecule has 0 aromatic rings. The second kappa shape index (κ2) is 11.3. The summed E-state index contributed by atoms with van der Waals surface area (Å²) in [5.74, 6) is 0. The van der Waals surface area contributed by atoms with Gasteiger partial charge < -0.3 is 14.6 Å². The van der Waals surface area contributed by atoms with Gasteiger partial charge >= 0.3 is 18.9 Å². The molecule has 0 atom stereocenters. The molecule has 0 bridgehead atoms. The van der Waals surface area contributed by atoms with E-state index >= 15 is 0 Å². The monoisotopic (exact) mass is 126 g/mol. The van der Waals surface area contributed by atoms with Crippen molar-refractivity contribution in [2.24, 2.45) is 0 Å². The molecule has 0 aromatic heterocycles. The minimum atomic E-state index is -0.163. The third-order valence-corrected chi connectivity index (χ3v) is 0.659. The fraction of sp³-hybridized carbons (Fsp3) is 1.00. The van der Waals surface area contributed by atoms with Crippen molar-refractivity contribution < 1.29 is 33.4 Å². The van der Waals surface area contributed by atoms with Crippen LogP contribution in [0.5, 0.6) is 0 Å². The van der Waals surface area contributed by atoms with Crippen LogP contribution in [0.15, 0.2) is 0 Å². The quantitative estimate of drug-likeness (QED) is 0.278. The maximum absolute atomic E-state index is 9.73. The zero-order valence-electron chi connectivity index (χ0n) is 6.05. The van der Waals surface area contributed by atoms with Gasteiger partial charge in [-0.15, -0.1) is 6.61 Å². The summed E-state index contributed by atoms with van der Waals surface area (Å²) in [6.45, 7) is 1.23. The Morgan fingerprint density at radius 3 is 2.33 bits per heavy atom. The molecule has 0 radical (unpaired) electrons. The topological polar surface area (TPSA) is 41.5 Å². The first-order valence-electron chi connectivity index (χ1n) is 2.56. The summed E-state index contributed by atoms with van der Waals surface area (Å²) in [6.07, 6.45) is 0. The van der Waals surface area contributed by atoms with Crippen LogP contribution >= 0.6 is 0 Å². The van der Waals surface area contributed by atoms with Gasteiger partial charge in [0.05, 0.1) is 13.2 Å². The summed E-state index contributed by atoms with van der Waals surface area (Å²) in [7, 11) is 1.60. The first-order chi connectivity index (χ1) is 3.91. The van der Waals surface area contributed by atoms with Gasteiger partial charge in [-0.3, -0.25) is 0 Å². The van der Waals surface area contributed by atoms with Crippen molar-refractivity contribution in [1.82, 2.24) is 0 Å². The van der Waals surface area contributed by atoms with Gasteiger partial charge in [-0.25, -0.2) is 0 Å². The summed E-state index contributed by atoms with van der Waals surface area (Å²) >= 11 is 0. The Bertz CT molecular complexity index is 37.2. The third-order valence-electron chi connectivity index (χ3n) is 0.659. The normalized spacial score (nSPS) is 8.67. The molecule has 50 valence electrons. The van der Waals surface area contributed by atoms with E-state index in [2.05, 4.69) is 4.74 Å². The Morgan fingerprint density at radius 2 is 1.89 bits per heavy atom. The standard InChI is InChI=1S/C5H11O3.Li/c1-7-4-5-8-3-2-6;/h2-5H2,1H3;/q-1;+1. The second-order valence-electron chi connectivity index (χ2n) is 1.31. The van der Waals surface area contributed by atoms with Crippen LogP contribution in [0.25, 0.3) is 0 Å². The molecule has 3 nitrogen and oxygen atoms in total. The van der Waals surface area contributed by atoms with Gasteiger partial charge in [-0.05, 0) is 0 Å². The molecule has 0 aromatic carbocycles. The van der Waals surface area contributed by atoms with E-state index in [-0.39, 0.29) is 25.5 Å².